The van der Waals surface area contributed by atoms with Gasteiger partial charge in [-0.1, -0.05) is 188 Å². The summed E-state index contributed by atoms with van der Waals surface area (Å²) in [5.41, 5.74) is 20.7. The minimum Gasteiger partial charge on any atom is -0.264 e. The van der Waals surface area contributed by atoms with E-state index in [-0.39, 0.29) is 5.41 Å². The lowest BCUT2D eigenvalue weighted by Gasteiger charge is -2.33. The summed E-state index contributed by atoms with van der Waals surface area (Å²) >= 11 is 0. The van der Waals surface area contributed by atoms with Gasteiger partial charge in [0.25, 0.3) is 0 Å². The molecule has 0 saturated heterocycles. The number of nitrogens with zero attached hydrogens (tertiary/aromatic N) is 4. The fraction of sp³-hybridized carbons (Fsp3) is 0.0526. The number of fused-ring (bicyclic) bond motifs is 9. The molecule has 4 heteroatoms. The Hall–Kier alpha value is -7.82. The Morgan fingerprint density at radius 3 is 1.44 bits per heavy atom. The summed E-state index contributed by atoms with van der Waals surface area (Å²) < 4.78 is 0. The summed E-state index contributed by atoms with van der Waals surface area (Å²) in [4.78, 5) is 19.2. The summed E-state index contributed by atoms with van der Waals surface area (Å²) in [7, 11) is 0. The average molecular weight is 779 g/mol. The first-order valence-corrected chi connectivity index (χ1v) is 21.0. The summed E-state index contributed by atoms with van der Waals surface area (Å²) in [5.74, 6) is 1.91. The van der Waals surface area contributed by atoms with E-state index < -0.39 is 0 Å². The molecule has 0 saturated carbocycles. The van der Waals surface area contributed by atoms with Gasteiger partial charge in [0.05, 0.1) is 5.41 Å². The quantitative estimate of drug-likeness (QED) is 0.169. The molecule has 3 aliphatic rings. The molecular weight excluding hydrogens is 741 g/mol. The maximum absolute atomic E-state index is 5.01. The molecule has 0 aliphatic heterocycles. The van der Waals surface area contributed by atoms with Crippen LogP contribution < -0.4 is 0 Å². The monoisotopic (exact) mass is 778 g/mol. The number of benzene rings is 7. The molecule has 12 rings (SSSR count). The van der Waals surface area contributed by atoms with E-state index in [9.17, 15) is 0 Å². The highest BCUT2D eigenvalue weighted by atomic mass is 15.0. The van der Waals surface area contributed by atoms with Gasteiger partial charge in [0, 0.05) is 29.1 Å². The molecule has 0 N–H and O–H groups in total. The molecule has 2 heterocycles. The third-order valence-corrected chi connectivity index (χ3v) is 12.8. The van der Waals surface area contributed by atoms with Crippen molar-refractivity contribution in [2.75, 3.05) is 0 Å². The Bertz CT molecular complexity index is 3160. The van der Waals surface area contributed by atoms with Crippen LogP contribution in [0.3, 0.4) is 0 Å². The van der Waals surface area contributed by atoms with Gasteiger partial charge < -0.3 is 0 Å². The van der Waals surface area contributed by atoms with Crippen LogP contribution in [0.1, 0.15) is 35.1 Å². The Morgan fingerprint density at radius 1 is 0.377 bits per heavy atom. The number of allylic oxidation sites excluding steroid dienone is 4. The van der Waals surface area contributed by atoms with Crippen molar-refractivity contribution in [3.05, 3.63) is 234 Å². The highest BCUT2D eigenvalue weighted by molar-refractivity contribution is 6.01. The second kappa shape index (κ2) is 14.2. The van der Waals surface area contributed by atoms with E-state index in [1.807, 2.05) is 42.6 Å². The SMILES string of the molecule is C1=CC2=C(CC1)C1(c3ccccc3-c3ccccc31)c1cccc(-c3ccc(-c4ccc(-c5nc(-c6ccccc6)nc(-c6ccc(-c7cccnc7)cc6)n5)cc4)cc3)c12. The summed E-state index contributed by atoms with van der Waals surface area (Å²) in [6.45, 7) is 0. The lowest BCUT2D eigenvalue weighted by Crippen LogP contribution is -2.27. The average Bonchev–Trinajstić information content (AvgIpc) is 3.82. The van der Waals surface area contributed by atoms with Gasteiger partial charge in [-0.15, -0.1) is 0 Å². The Balaban J connectivity index is 0.888. The van der Waals surface area contributed by atoms with E-state index in [1.165, 1.54) is 55.7 Å². The van der Waals surface area contributed by atoms with Crippen molar-refractivity contribution in [3.63, 3.8) is 0 Å². The van der Waals surface area contributed by atoms with Crippen molar-refractivity contribution < 1.29 is 0 Å². The van der Waals surface area contributed by atoms with Crippen molar-refractivity contribution in [1.82, 2.24) is 19.9 Å². The minimum absolute atomic E-state index is 0.271. The van der Waals surface area contributed by atoms with Crippen molar-refractivity contribution in [2.45, 2.75) is 18.3 Å². The first-order chi connectivity index (χ1) is 30.2. The van der Waals surface area contributed by atoms with Crippen LogP contribution in [0.25, 0.3) is 84.2 Å². The predicted octanol–water partition coefficient (Wildman–Crippen LogP) is 13.7. The third-order valence-electron chi connectivity index (χ3n) is 12.8. The minimum atomic E-state index is -0.271. The maximum atomic E-state index is 5.01. The van der Waals surface area contributed by atoms with Crippen molar-refractivity contribution in [2.24, 2.45) is 0 Å². The molecule has 3 aliphatic carbocycles. The number of hydrogen-bond acceptors (Lipinski definition) is 4. The first-order valence-electron chi connectivity index (χ1n) is 21.0. The molecule has 7 aromatic carbocycles. The van der Waals surface area contributed by atoms with Gasteiger partial charge in [-0.05, 0) is 96.8 Å². The molecule has 61 heavy (non-hydrogen) atoms. The van der Waals surface area contributed by atoms with Crippen molar-refractivity contribution in [1.29, 1.82) is 0 Å². The molecule has 2 aromatic heterocycles. The second-order valence-corrected chi connectivity index (χ2v) is 16.0. The fourth-order valence-corrected chi connectivity index (χ4v) is 10.0. The zero-order valence-electron chi connectivity index (χ0n) is 33.3. The number of pyridine rings is 1. The van der Waals surface area contributed by atoms with Crippen molar-refractivity contribution >= 4 is 5.57 Å². The van der Waals surface area contributed by atoms with E-state index in [1.54, 1.807) is 6.20 Å². The van der Waals surface area contributed by atoms with Gasteiger partial charge in [-0.3, -0.25) is 4.98 Å². The normalized spacial score (nSPS) is 14.1. The topological polar surface area (TPSA) is 51.6 Å². The predicted molar refractivity (Wildman–Crippen MR) is 247 cm³/mol. The molecule has 0 unspecified atom stereocenters. The molecule has 0 bridgehead atoms. The molecule has 0 atom stereocenters. The van der Waals surface area contributed by atoms with Crippen LogP contribution in [0.5, 0.6) is 0 Å². The first kappa shape index (κ1) is 35.2. The largest absolute Gasteiger partial charge is 0.264 e. The molecule has 286 valence electrons. The van der Waals surface area contributed by atoms with Crippen LogP contribution in [0.4, 0.5) is 0 Å². The molecule has 0 radical (unpaired) electrons. The van der Waals surface area contributed by atoms with Crippen LogP contribution in [0.2, 0.25) is 0 Å². The van der Waals surface area contributed by atoms with E-state index in [4.69, 9.17) is 15.0 Å². The summed E-state index contributed by atoms with van der Waals surface area (Å²) in [6.07, 6.45) is 10.5. The zero-order chi connectivity index (χ0) is 40.3. The zero-order valence-corrected chi connectivity index (χ0v) is 33.3. The Kier molecular flexibility index (Phi) is 8.17. The number of aromatic nitrogens is 4. The molecular formula is C57H38N4. The smallest absolute Gasteiger partial charge is 0.164 e. The standard InChI is InChI=1S/C57H38N4/c1-2-12-41(13-3-1)54-59-55(61-56(60-54)43-33-27-39(28-34-43)44-14-11-35-58-36-44)42-31-25-38(26-32-42)37-23-29-40(30-24-37)45-18-10-22-52-53(45)48-17-6-9-21-51(48)57(52)49-19-7-4-15-46(49)47-16-5-8-20-50(47)57/h1-8,10-20,22-36H,9,21H2. The molecule has 0 fully saturated rings. The lowest BCUT2D eigenvalue weighted by molar-refractivity contribution is 0.714. The van der Waals surface area contributed by atoms with Gasteiger partial charge in [0.1, 0.15) is 0 Å². The highest BCUT2D eigenvalue weighted by Gasteiger charge is 2.52. The van der Waals surface area contributed by atoms with Crippen LogP contribution in [-0.4, -0.2) is 19.9 Å². The second-order valence-electron chi connectivity index (χ2n) is 16.0. The van der Waals surface area contributed by atoms with Crippen LogP contribution in [0, 0.1) is 0 Å². The number of hydrogen-bond donors (Lipinski definition) is 0. The van der Waals surface area contributed by atoms with Gasteiger partial charge >= 0.3 is 0 Å². The Labute approximate surface area is 355 Å². The maximum Gasteiger partial charge on any atom is 0.164 e. The van der Waals surface area contributed by atoms with Gasteiger partial charge in [0.2, 0.25) is 0 Å². The molecule has 9 aromatic rings. The molecule has 0 amide bonds. The van der Waals surface area contributed by atoms with Crippen LogP contribution in [0.15, 0.2) is 212 Å². The van der Waals surface area contributed by atoms with Crippen LogP contribution >= 0.6 is 0 Å². The Morgan fingerprint density at radius 2 is 0.852 bits per heavy atom. The summed E-state index contributed by atoms with van der Waals surface area (Å²) in [6, 6.07) is 65.2. The molecule has 1 spiro atoms. The highest BCUT2D eigenvalue weighted by Crippen LogP contribution is 2.64. The van der Waals surface area contributed by atoms with Crippen molar-refractivity contribution in [3.8, 4) is 78.7 Å². The summed E-state index contributed by atoms with van der Waals surface area (Å²) in [5, 5.41) is 0. The third kappa shape index (κ3) is 5.60. The number of rotatable bonds is 6. The van der Waals surface area contributed by atoms with Gasteiger partial charge in [0.15, 0.2) is 17.5 Å². The van der Waals surface area contributed by atoms with E-state index in [0.717, 1.165) is 51.8 Å². The fourth-order valence-electron chi connectivity index (χ4n) is 10.0. The van der Waals surface area contributed by atoms with Gasteiger partial charge in [-0.2, -0.15) is 0 Å². The lowest BCUT2D eigenvalue weighted by atomic mass is 9.68. The van der Waals surface area contributed by atoms with E-state index in [0.29, 0.717) is 17.5 Å². The van der Waals surface area contributed by atoms with Crippen LogP contribution in [-0.2, 0) is 5.41 Å². The van der Waals surface area contributed by atoms with E-state index >= 15 is 0 Å². The van der Waals surface area contributed by atoms with Gasteiger partial charge in [-0.25, -0.2) is 15.0 Å². The van der Waals surface area contributed by atoms with E-state index in [2.05, 4.69) is 163 Å². The molecule has 4 nitrogen and oxygen atoms in total.